The Hall–Kier alpha value is 0.0700. The van der Waals surface area contributed by atoms with Gasteiger partial charge in [-0.25, -0.2) is 0 Å². The smallest absolute Gasteiger partial charge is 0.0585 e. The van der Waals surface area contributed by atoms with Crippen molar-refractivity contribution in [2.24, 2.45) is 0 Å². The number of nitrogens with one attached hydrogen (secondary N) is 1. The highest BCUT2D eigenvalue weighted by molar-refractivity contribution is 7.99. The molecule has 0 aromatic heterocycles. The molecule has 1 aliphatic carbocycles. The van der Waals surface area contributed by atoms with Crippen LogP contribution in [0.3, 0.4) is 0 Å². The van der Waals surface area contributed by atoms with Crippen molar-refractivity contribution in [1.29, 1.82) is 0 Å². The van der Waals surface area contributed by atoms with Gasteiger partial charge in [-0.1, -0.05) is 23.2 Å². The van der Waals surface area contributed by atoms with Crippen molar-refractivity contribution in [1.82, 2.24) is 5.32 Å². The van der Waals surface area contributed by atoms with Crippen LogP contribution in [-0.2, 0) is 0 Å². The number of halogens is 2. The van der Waals surface area contributed by atoms with E-state index >= 15 is 0 Å². The summed E-state index contributed by atoms with van der Waals surface area (Å²) in [6.45, 7) is 0.202. The van der Waals surface area contributed by atoms with Crippen molar-refractivity contribution in [3.63, 3.8) is 0 Å². The molecule has 0 heterocycles. The quantitative estimate of drug-likeness (QED) is 0.755. The molecule has 0 bridgehead atoms. The van der Waals surface area contributed by atoms with Gasteiger partial charge in [0.15, 0.2) is 0 Å². The van der Waals surface area contributed by atoms with Crippen LogP contribution in [0, 0.1) is 0 Å². The number of rotatable bonds is 7. The summed E-state index contributed by atoms with van der Waals surface area (Å²) in [7, 11) is 0. The SMILES string of the molecule is OCC(CCSc1cc(Cl)cc(Cl)c1)NC1CC1. The first-order valence-corrected chi connectivity index (χ1v) is 7.87. The van der Waals surface area contributed by atoms with Crippen molar-refractivity contribution < 1.29 is 5.11 Å². The van der Waals surface area contributed by atoms with E-state index in [-0.39, 0.29) is 12.6 Å². The number of aliphatic hydroxyl groups is 1. The second-order valence-electron chi connectivity index (χ2n) is 4.56. The number of hydrogen-bond donors (Lipinski definition) is 2. The number of thioether (sulfide) groups is 1. The van der Waals surface area contributed by atoms with Crippen LogP contribution in [0.15, 0.2) is 23.1 Å². The molecule has 1 aromatic rings. The molecule has 0 radical (unpaired) electrons. The highest BCUT2D eigenvalue weighted by Gasteiger charge is 2.23. The molecule has 18 heavy (non-hydrogen) atoms. The molecular formula is C13H17Cl2NOS. The Bertz CT molecular complexity index is 378. The van der Waals surface area contributed by atoms with Gasteiger partial charge in [0.25, 0.3) is 0 Å². The first kappa shape index (κ1) is 14.5. The maximum Gasteiger partial charge on any atom is 0.0585 e. The molecule has 0 saturated heterocycles. The minimum atomic E-state index is 0.202. The van der Waals surface area contributed by atoms with Gasteiger partial charge >= 0.3 is 0 Å². The normalized spacial score (nSPS) is 16.8. The van der Waals surface area contributed by atoms with E-state index in [9.17, 15) is 5.11 Å². The van der Waals surface area contributed by atoms with Crippen LogP contribution in [0.5, 0.6) is 0 Å². The summed E-state index contributed by atoms with van der Waals surface area (Å²) in [5.41, 5.74) is 0. The maximum absolute atomic E-state index is 9.27. The average Bonchev–Trinajstić information content (AvgIpc) is 3.10. The zero-order valence-electron chi connectivity index (χ0n) is 10.0. The molecule has 100 valence electrons. The molecule has 1 atom stereocenters. The van der Waals surface area contributed by atoms with Gasteiger partial charge in [0, 0.05) is 27.0 Å². The third-order valence-electron chi connectivity index (χ3n) is 2.84. The first-order valence-electron chi connectivity index (χ1n) is 6.13. The summed E-state index contributed by atoms with van der Waals surface area (Å²) < 4.78 is 0. The minimum absolute atomic E-state index is 0.202. The molecule has 2 nitrogen and oxygen atoms in total. The summed E-state index contributed by atoms with van der Waals surface area (Å²) in [5.74, 6) is 0.946. The van der Waals surface area contributed by atoms with E-state index in [1.165, 1.54) is 12.8 Å². The zero-order valence-corrected chi connectivity index (χ0v) is 12.4. The molecule has 0 amide bonds. The lowest BCUT2D eigenvalue weighted by atomic mass is 10.2. The summed E-state index contributed by atoms with van der Waals surface area (Å²) in [6, 6.07) is 6.41. The molecule has 1 saturated carbocycles. The fourth-order valence-electron chi connectivity index (χ4n) is 1.74. The van der Waals surface area contributed by atoms with Gasteiger partial charge in [-0.05, 0) is 43.2 Å². The number of hydrogen-bond acceptors (Lipinski definition) is 3. The summed E-state index contributed by atoms with van der Waals surface area (Å²) in [5, 5.41) is 14.0. The Morgan fingerprint density at radius 2 is 1.94 bits per heavy atom. The lowest BCUT2D eigenvalue weighted by Crippen LogP contribution is -2.34. The molecule has 0 spiro atoms. The Balaban J connectivity index is 1.75. The second kappa shape index (κ2) is 7.01. The number of benzene rings is 1. The van der Waals surface area contributed by atoms with Gasteiger partial charge in [-0.3, -0.25) is 0 Å². The van der Waals surface area contributed by atoms with E-state index in [0.717, 1.165) is 17.1 Å². The van der Waals surface area contributed by atoms with E-state index < -0.39 is 0 Å². The second-order valence-corrected chi connectivity index (χ2v) is 6.60. The van der Waals surface area contributed by atoms with Crippen molar-refractivity contribution >= 4 is 35.0 Å². The van der Waals surface area contributed by atoms with Gasteiger partial charge in [0.05, 0.1) is 6.61 Å². The lowest BCUT2D eigenvalue weighted by Gasteiger charge is -2.15. The van der Waals surface area contributed by atoms with Crippen molar-refractivity contribution in [3.8, 4) is 0 Å². The highest BCUT2D eigenvalue weighted by atomic mass is 35.5. The summed E-state index contributed by atoms with van der Waals surface area (Å²) in [6.07, 6.45) is 3.43. The number of aliphatic hydroxyl groups excluding tert-OH is 1. The fraction of sp³-hybridized carbons (Fsp3) is 0.538. The van der Waals surface area contributed by atoms with Gasteiger partial charge < -0.3 is 10.4 Å². The summed E-state index contributed by atoms with van der Waals surface area (Å²) >= 11 is 13.6. The zero-order chi connectivity index (χ0) is 13.0. The molecule has 1 aliphatic rings. The Morgan fingerprint density at radius 1 is 1.28 bits per heavy atom. The third kappa shape index (κ3) is 4.98. The van der Waals surface area contributed by atoms with Gasteiger partial charge in [0.1, 0.15) is 0 Å². The largest absolute Gasteiger partial charge is 0.395 e. The van der Waals surface area contributed by atoms with Crippen molar-refractivity contribution in [2.75, 3.05) is 12.4 Å². The van der Waals surface area contributed by atoms with Gasteiger partial charge in [0.2, 0.25) is 0 Å². The van der Waals surface area contributed by atoms with E-state index in [4.69, 9.17) is 23.2 Å². The first-order chi connectivity index (χ1) is 8.67. The average molecular weight is 306 g/mol. The van der Waals surface area contributed by atoms with E-state index in [0.29, 0.717) is 16.1 Å². The van der Waals surface area contributed by atoms with Crippen LogP contribution in [-0.4, -0.2) is 29.5 Å². The Labute approximate surface area is 122 Å². The van der Waals surface area contributed by atoms with Crippen LogP contribution in [0.1, 0.15) is 19.3 Å². The van der Waals surface area contributed by atoms with Crippen LogP contribution < -0.4 is 5.32 Å². The molecule has 1 fully saturated rings. The van der Waals surface area contributed by atoms with Crippen LogP contribution in [0.4, 0.5) is 0 Å². The molecule has 1 aromatic carbocycles. The van der Waals surface area contributed by atoms with Gasteiger partial charge in [-0.15, -0.1) is 11.8 Å². The molecule has 0 aliphatic heterocycles. The van der Waals surface area contributed by atoms with Crippen LogP contribution in [0.2, 0.25) is 10.0 Å². The van der Waals surface area contributed by atoms with Crippen LogP contribution in [0.25, 0.3) is 0 Å². The summed E-state index contributed by atoms with van der Waals surface area (Å²) in [4.78, 5) is 1.08. The predicted molar refractivity (Wildman–Crippen MR) is 78.8 cm³/mol. The minimum Gasteiger partial charge on any atom is -0.395 e. The molecule has 2 N–H and O–H groups in total. The van der Waals surface area contributed by atoms with Crippen LogP contribution >= 0.6 is 35.0 Å². The third-order valence-corrected chi connectivity index (χ3v) is 4.29. The molecule has 2 rings (SSSR count). The van der Waals surface area contributed by atoms with E-state index in [1.807, 2.05) is 12.1 Å². The monoisotopic (exact) mass is 305 g/mol. The van der Waals surface area contributed by atoms with E-state index in [2.05, 4.69) is 5.32 Å². The topological polar surface area (TPSA) is 32.3 Å². The Kier molecular flexibility index (Phi) is 5.64. The fourth-order valence-corrected chi connectivity index (χ4v) is 3.46. The highest BCUT2D eigenvalue weighted by Crippen LogP contribution is 2.27. The van der Waals surface area contributed by atoms with Crippen molar-refractivity contribution in [3.05, 3.63) is 28.2 Å². The Morgan fingerprint density at radius 3 is 2.50 bits per heavy atom. The standard InChI is InChI=1S/C13H17Cl2NOS/c14-9-5-10(15)7-13(6-9)18-4-3-12(8-17)16-11-1-2-11/h5-7,11-12,16-17H,1-4,8H2. The molecule has 1 unspecified atom stereocenters. The molecular weight excluding hydrogens is 289 g/mol. The maximum atomic E-state index is 9.27. The predicted octanol–water partition coefficient (Wildman–Crippen LogP) is 3.59. The molecule has 5 heteroatoms. The van der Waals surface area contributed by atoms with Crippen molar-refractivity contribution in [2.45, 2.75) is 36.2 Å². The lowest BCUT2D eigenvalue weighted by molar-refractivity contribution is 0.239. The van der Waals surface area contributed by atoms with Gasteiger partial charge in [-0.2, -0.15) is 0 Å². The van der Waals surface area contributed by atoms with E-state index in [1.54, 1.807) is 17.8 Å².